The third-order valence-electron chi connectivity index (χ3n) is 5.64. The SMILES string of the molecule is CNC.N/C(=C\C=NCc1cccc(/C=C/C(=O)O)c1)c1cccc(Cc2ccc3[nH]ccc3c2C=O)c1. The molecule has 0 unspecified atom stereocenters. The number of hydrogen-bond acceptors (Lipinski definition) is 5. The van der Waals surface area contributed by atoms with Crippen LogP contribution in [0.2, 0.25) is 0 Å². The second-order valence-electron chi connectivity index (χ2n) is 8.60. The van der Waals surface area contributed by atoms with Crippen molar-refractivity contribution in [2.24, 2.45) is 10.7 Å². The van der Waals surface area contributed by atoms with Crippen LogP contribution in [0.4, 0.5) is 0 Å². The first-order valence-corrected chi connectivity index (χ1v) is 12.1. The van der Waals surface area contributed by atoms with E-state index in [1.54, 1.807) is 18.4 Å². The molecular formula is C31H32N4O3. The van der Waals surface area contributed by atoms with Gasteiger partial charge in [0.05, 0.1) is 6.54 Å². The highest BCUT2D eigenvalue weighted by molar-refractivity contribution is 5.98. The zero-order chi connectivity index (χ0) is 27.3. The fourth-order valence-corrected chi connectivity index (χ4v) is 3.93. The van der Waals surface area contributed by atoms with Gasteiger partial charge in [0.2, 0.25) is 0 Å². The number of nitrogens with zero attached hydrogens (tertiary/aromatic N) is 1. The number of nitrogens with one attached hydrogen (secondary N) is 2. The van der Waals surface area contributed by atoms with Crippen molar-refractivity contribution in [3.05, 3.63) is 118 Å². The highest BCUT2D eigenvalue weighted by Gasteiger charge is 2.09. The van der Waals surface area contributed by atoms with Crippen molar-refractivity contribution in [3.63, 3.8) is 0 Å². The number of benzene rings is 3. The van der Waals surface area contributed by atoms with Gasteiger partial charge in [0.1, 0.15) is 0 Å². The fourth-order valence-electron chi connectivity index (χ4n) is 3.93. The molecule has 1 heterocycles. The van der Waals surface area contributed by atoms with E-state index in [2.05, 4.69) is 15.3 Å². The first-order valence-electron chi connectivity index (χ1n) is 12.1. The molecule has 0 atom stereocenters. The Morgan fingerprint density at radius 1 is 1.05 bits per heavy atom. The van der Waals surface area contributed by atoms with Crippen LogP contribution in [-0.2, 0) is 17.8 Å². The van der Waals surface area contributed by atoms with E-state index in [1.165, 1.54) is 0 Å². The average Bonchev–Trinajstić information content (AvgIpc) is 3.40. The molecule has 0 saturated carbocycles. The number of carboxylic acid groups (broad SMARTS) is 1. The third-order valence-corrected chi connectivity index (χ3v) is 5.64. The number of aromatic nitrogens is 1. The number of fused-ring (bicyclic) bond motifs is 1. The molecule has 0 spiro atoms. The molecule has 0 radical (unpaired) electrons. The van der Waals surface area contributed by atoms with Gasteiger partial charge in [-0.15, -0.1) is 0 Å². The first-order chi connectivity index (χ1) is 18.4. The lowest BCUT2D eigenvalue weighted by Gasteiger charge is -2.09. The number of nitrogens with two attached hydrogens (primary N) is 1. The summed E-state index contributed by atoms with van der Waals surface area (Å²) in [7, 11) is 3.75. The van der Waals surface area contributed by atoms with Crippen LogP contribution in [-0.4, -0.2) is 42.7 Å². The molecule has 0 saturated heterocycles. The van der Waals surface area contributed by atoms with Gasteiger partial charge < -0.3 is 21.1 Å². The van der Waals surface area contributed by atoms with E-state index >= 15 is 0 Å². The molecule has 0 bridgehead atoms. The van der Waals surface area contributed by atoms with E-state index < -0.39 is 5.97 Å². The van der Waals surface area contributed by atoms with Gasteiger partial charge in [-0.1, -0.05) is 42.5 Å². The second-order valence-corrected chi connectivity index (χ2v) is 8.60. The summed E-state index contributed by atoms with van der Waals surface area (Å²) in [6.45, 7) is 0.453. The monoisotopic (exact) mass is 508 g/mol. The van der Waals surface area contributed by atoms with Crippen molar-refractivity contribution in [2.45, 2.75) is 13.0 Å². The number of carboxylic acids is 1. The largest absolute Gasteiger partial charge is 0.478 e. The summed E-state index contributed by atoms with van der Waals surface area (Å²) in [5.41, 5.74) is 13.2. The topological polar surface area (TPSA) is 121 Å². The molecule has 38 heavy (non-hydrogen) atoms. The Morgan fingerprint density at radius 3 is 2.58 bits per heavy atom. The molecule has 7 nitrogen and oxygen atoms in total. The van der Waals surface area contributed by atoms with E-state index in [0.29, 0.717) is 24.2 Å². The third kappa shape index (κ3) is 7.88. The number of carbonyl (C=O) groups is 2. The molecule has 4 rings (SSSR count). The van der Waals surface area contributed by atoms with Crippen LogP contribution in [0.25, 0.3) is 22.7 Å². The number of aldehydes is 1. The number of hydrogen-bond donors (Lipinski definition) is 4. The minimum absolute atomic E-state index is 0.453. The fraction of sp³-hybridized carbons (Fsp3) is 0.129. The summed E-state index contributed by atoms with van der Waals surface area (Å²) in [5.74, 6) is -0.982. The van der Waals surface area contributed by atoms with Crippen molar-refractivity contribution < 1.29 is 14.7 Å². The Hall–Kier alpha value is -4.75. The van der Waals surface area contributed by atoms with Crippen LogP contribution >= 0.6 is 0 Å². The summed E-state index contributed by atoms with van der Waals surface area (Å²) in [4.78, 5) is 30.0. The Morgan fingerprint density at radius 2 is 1.82 bits per heavy atom. The van der Waals surface area contributed by atoms with E-state index in [4.69, 9.17) is 10.8 Å². The lowest BCUT2D eigenvalue weighted by Crippen LogP contribution is -2.00. The molecule has 7 heteroatoms. The maximum atomic E-state index is 11.7. The summed E-state index contributed by atoms with van der Waals surface area (Å²) in [5, 5.41) is 12.4. The molecule has 3 aromatic carbocycles. The van der Waals surface area contributed by atoms with Gasteiger partial charge in [0.25, 0.3) is 0 Å². The molecular weight excluding hydrogens is 476 g/mol. The molecule has 0 amide bonds. The Kier molecular flexibility index (Phi) is 10.3. The molecule has 194 valence electrons. The maximum Gasteiger partial charge on any atom is 0.328 e. The van der Waals surface area contributed by atoms with Gasteiger partial charge in [-0.2, -0.15) is 0 Å². The number of allylic oxidation sites excluding steroid dienone is 1. The predicted octanol–water partition coefficient (Wildman–Crippen LogP) is 5.08. The molecule has 4 aromatic rings. The quantitative estimate of drug-likeness (QED) is 0.143. The number of aliphatic carboxylic acids is 1. The van der Waals surface area contributed by atoms with Crippen molar-refractivity contribution in [1.29, 1.82) is 0 Å². The summed E-state index contributed by atoms with van der Waals surface area (Å²) in [6.07, 6.45) is 9.47. The van der Waals surface area contributed by atoms with Gasteiger partial charge >= 0.3 is 5.97 Å². The molecule has 0 aliphatic rings. The van der Waals surface area contributed by atoms with Gasteiger partial charge in [-0.25, -0.2) is 4.79 Å². The molecule has 5 N–H and O–H groups in total. The zero-order valence-electron chi connectivity index (χ0n) is 21.5. The molecule has 0 fully saturated rings. The van der Waals surface area contributed by atoms with E-state index in [1.807, 2.05) is 87.0 Å². The lowest BCUT2D eigenvalue weighted by molar-refractivity contribution is -0.131. The van der Waals surface area contributed by atoms with Crippen molar-refractivity contribution in [3.8, 4) is 0 Å². The second kappa shape index (κ2) is 14.1. The highest BCUT2D eigenvalue weighted by atomic mass is 16.4. The van der Waals surface area contributed by atoms with Gasteiger partial charge in [0, 0.05) is 40.7 Å². The smallest absolute Gasteiger partial charge is 0.328 e. The summed E-state index contributed by atoms with van der Waals surface area (Å²) in [6, 6.07) is 21.4. The van der Waals surface area contributed by atoms with E-state index in [9.17, 15) is 9.59 Å². The van der Waals surface area contributed by atoms with Gasteiger partial charge in [-0.3, -0.25) is 9.79 Å². The minimum Gasteiger partial charge on any atom is -0.478 e. The lowest BCUT2D eigenvalue weighted by atomic mass is 9.96. The van der Waals surface area contributed by atoms with Crippen LogP contribution in [0.1, 0.15) is 38.2 Å². The van der Waals surface area contributed by atoms with Crippen LogP contribution in [0.15, 0.2) is 90.1 Å². The summed E-state index contributed by atoms with van der Waals surface area (Å²) < 4.78 is 0. The number of aliphatic imine (C=N–C) groups is 1. The van der Waals surface area contributed by atoms with E-state index in [0.717, 1.165) is 51.1 Å². The number of H-pyrrole nitrogens is 1. The van der Waals surface area contributed by atoms with Crippen molar-refractivity contribution in [2.75, 3.05) is 14.1 Å². The van der Waals surface area contributed by atoms with Crippen LogP contribution in [0.5, 0.6) is 0 Å². The minimum atomic E-state index is -0.982. The van der Waals surface area contributed by atoms with Crippen molar-refractivity contribution >= 4 is 41.1 Å². The van der Waals surface area contributed by atoms with Crippen LogP contribution in [0, 0.1) is 0 Å². The zero-order valence-corrected chi connectivity index (χ0v) is 21.5. The van der Waals surface area contributed by atoms with Crippen LogP contribution < -0.4 is 11.1 Å². The Bertz CT molecular complexity index is 1480. The number of rotatable bonds is 9. The molecule has 0 aliphatic heterocycles. The number of aromatic amines is 1. The molecule has 0 aliphatic carbocycles. The predicted molar refractivity (Wildman–Crippen MR) is 155 cm³/mol. The standard InChI is InChI=1S/C29H25N3O3.C2H7N/c30-27(12-13-31-18-22-5-1-3-20(15-22)7-10-29(34)35)24-6-2-4-21(17-24)16-23-8-9-28-25(11-14-32-28)26(23)19-33;1-3-2/h1-15,17,19,32H,16,18,30H2,(H,34,35);3H,1-2H3/b10-7+,27-12-,31-13?;. The maximum absolute atomic E-state index is 11.7. The van der Waals surface area contributed by atoms with Gasteiger partial charge in [0.15, 0.2) is 6.29 Å². The first kappa shape index (κ1) is 27.8. The van der Waals surface area contributed by atoms with Crippen molar-refractivity contribution in [1.82, 2.24) is 10.3 Å². The average molecular weight is 509 g/mol. The number of carbonyl (C=O) groups excluding carboxylic acids is 1. The van der Waals surface area contributed by atoms with E-state index in [-0.39, 0.29) is 0 Å². The Labute approximate surface area is 222 Å². The molecule has 1 aromatic heterocycles. The van der Waals surface area contributed by atoms with Crippen LogP contribution in [0.3, 0.4) is 0 Å². The highest BCUT2D eigenvalue weighted by Crippen LogP contribution is 2.23. The van der Waals surface area contributed by atoms with Gasteiger partial charge in [-0.05, 0) is 84.8 Å². The summed E-state index contributed by atoms with van der Waals surface area (Å²) >= 11 is 0. The normalized spacial score (nSPS) is 11.6. The Balaban J connectivity index is 0.00000127.